The van der Waals surface area contributed by atoms with Gasteiger partial charge >= 0.3 is 0 Å². The number of ether oxygens (including phenoxy) is 3. The van der Waals surface area contributed by atoms with Crippen molar-refractivity contribution in [1.82, 2.24) is 4.98 Å². The van der Waals surface area contributed by atoms with Crippen LogP contribution in [0.1, 0.15) is 5.56 Å². The second-order valence-electron chi connectivity index (χ2n) is 4.97. The van der Waals surface area contributed by atoms with Crippen molar-refractivity contribution < 1.29 is 14.2 Å². The zero-order valence-corrected chi connectivity index (χ0v) is 13.3. The third-order valence-corrected chi connectivity index (χ3v) is 3.59. The van der Waals surface area contributed by atoms with Gasteiger partial charge in [-0.15, -0.1) is 0 Å². The van der Waals surface area contributed by atoms with Gasteiger partial charge in [0.15, 0.2) is 11.5 Å². The predicted octanol–water partition coefficient (Wildman–Crippen LogP) is 3.94. The highest BCUT2D eigenvalue weighted by Gasteiger charge is 2.12. The highest BCUT2D eigenvalue weighted by molar-refractivity contribution is 5.87. The van der Waals surface area contributed by atoms with E-state index in [1.54, 1.807) is 27.5 Å². The van der Waals surface area contributed by atoms with Gasteiger partial charge in [-0.05, 0) is 35.7 Å². The average molecular weight is 310 g/mol. The first kappa shape index (κ1) is 15.0. The molecule has 0 aliphatic carbocycles. The lowest BCUT2D eigenvalue weighted by atomic mass is 10.2. The smallest absolute Gasteiger partial charge is 0.203 e. The fourth-order valence-corrected chi connectivity index (χ4v) is 2.44. The van der Waals surface area contributed by atoms with Gasteiger partial charge in [0.2, 0.25) is 5.75 Å². The Labute approximate surface area is 134 Å². The van der Waals surface area contributed by atoms with Gasteiger partial charge in [-0.25, -0.2) is 0 Å². The molecule has 0 aliphatic rings. The van der Waals surface area contributed by atoms with Crippen LogP contribution < -0.4 is 14.2 Å². The number of rotatable bonds is 5. The van der Waals surface area contributed by atoms with Gasteiger partial charge in [-0.2, -0.15) is 0 Å². The van der Waals surface area contributed by atoms with E-state index in [4.69, 9.17) is 14.2 Å². The number of H-pyrrole nitrogens is 1. The molecular formula is C18H18N2O3. The van der Waals surface area contributed by atoms with Crippen molar-refractivity contribution in [3.8, 4) is 17.2 Å². The SMILES string of the molecule is COc1cc(C=Nc2ccc3cc[nH]c3c2)cc(OC)c1OC. The van der Waals surface area contributed by atoms with Crippen LogP contribution in [0.4, 0.5) is 5.69 Å². The maximum Gasteiger partial charge on any atom is 0.203 e. The van der Waals surface area contributed by atoms with E-state index in [1.165, 1.54) is 0 Å². The maximum atomic E-state index is 5.35. The third kappa shape index (κ3) is 2.99. The quantitative estimate of drug-likeness (QED) is 0.726. The van der Waals surface area contributed by atoms with Crippen molar-refractivity contribution in [3.63, 3.8) is 0 Å². The van der Waals surface area contributed by atoms with Gasteiger partial charge in [0.25, 0.3) is 0 Å². The first-order chi connectivity index (χ1) is 11.2. The van der Waals surface area contributed by atoms with Gasteiger partial charge in [0.1, 0.15) is 0 Å². The summed E-state index contributed by atoms with van der Waals surface area (Å²) in [6.07, 6.45) is 3.69. The summed E-state index contributed by atoms with van der Waals surface area (Å²) in [5.41, 5.74) is 2.80. The van der Waals surface area contributed by atoms with Gasteiger partial charge in [0.05, 0.1) is 27.0 Å². The van der Waals surface area contributed by atoms with E-state index in [0.717, 1.165) is 22.2 Å². The molecule has 1 heterocycles. The second kappa shape index (κ2) is 6.44. The zero-order chi connectivity index (χ0) is 16.2. The van der Waals surface area contributed by atoms with Gasteiger partial charge in [0, 0.05) is 23.5 Å². The van der Waals surface area contributed by atoms with Crippen molar-refractivity contribution >= 4 is 22.8 Å². The summed E-state index contributed by atoms with van der Waals surface area (Å²) in [4.78, 5) is 7.69. The molecule has 118 valence electrons. The number of fused-ring (bicyclic) bond motifs is 1. The largest absolute Gasteiger partial charge is 0.493 e. The molecule has 0 aliphatic heterocycles. The van der Waals surface area contributed by atoms with Crippen molar-refractivity contribution in [2.24, 2.45) is 4.99 Å². The molecule has 0 bridgehead atoms. The lowest BCUT2D eigenvalue weighted by molar-refractivity contribution is 0.324. The molecule has 0 saturated heterocycles. The molecule has 0 radical (unpaired) electrons. The number of aromatic amines is 1. The van der Waals surface area contributed by atoms with Crippen LogP contribution in [0.25, 0.3) is 10.9 Å². The lowest BCUT2D eigenvalue weighted by Gasteiger charge is -2.12. The van der Waals surface area contributed by atoms with Crippen LogP contribution in [0.5, 0.6) is 17.2 Å². The van der Waals surface area contributed by atoms with Gasteiger partial charge in [-0.1, -0.05) is 6.07 Å². The molecular weight excluding hydrogens is 292 g/mol. The normalized spacial score (nSPS) is 11.1. The molecule has 0 unspecified atom stereocenters. The monoisotopic (exact) mass is 310 g/mol. The van der Waals surface area contributed by atoms with Gasteiger partial charge in [-0.3, -0.25) is 4.99 Å². The molecule has 0 amide bonds. The second-order valence-corrected chi connectivity index (χ2v) is 4.97. The Hall–Kier alpha value is -2.95. The molecule has 0 fully saturated rings. The third-order valence-electron chi connectivity index (χ3n) is 3.59. The highest BCUT2D eigenvalue weighted by Crippen LogP contribution is 2.37. The lowest BCUT2D eigenvalue weighted by Crippen LogP contribution is -1.96. The van der Waals surface area contributed by atoms with E-state index in [-0.39, 0.29) is 0 Å². The minimum atomic E-state index is 0.569. The number of aromatic nitrogens is 1. The Bertz CT molecular complexity index is 827. The average Bonchev–Trinajstić information content (AvgIpc) is 3.06. The minimum Gasteiger partial charge on any atom is -0.493 e. The van der Waals surface area contributed by atoms with Crippen molar-refractivity contribution in [1.29, 1.82) is 0 Å². The Balaban J connectivity index is 1.94. The Morgan fingerprint density at radius 2 is 1.65 bits per heavy atom. The number of hydrogen-bond acceptors (Lipinski definition) is 4. The topological polar surface area (TPSA) is 55.8 Å². The molecule has 0 atom stereocenters. The number of aliphatic imine (C=N–C) groups is 1. The molecule has 5 nitrogen and oxygen atoms in total. The fourth-order valence-electron chi connectivity index (χ4n) is 2.44. The summed E-state index contributed by atoms with van der Waals surface area (Å²) in [5, 5.41) is 1.16. The summed E-state index contributed by atoms with van der Waals surface area (Å²) in [7, 11) is 4.77. The summed E-state index contributed by atoms with van der Waals surface area (Å²) >= 11 is 0. The summed E-state index contributed by atoms with van der Waals surface area (Å²) in [6.45, 7) is 0. The van der Waals surface area contributed by atoms with E-state index in [2.05, 4.69) is 9.98 Å². The van der Waals surface area contributed by atoms with E-state index in [9.17, 15) is 0 Å². The summed E-state index contributed by atoms with van der Waals surface area (Å²) < 4.78 is 16.0. The number of methoxy groups -OCH3 is 3. The molecule has 0 spiro atoms. The number of benzene rings is 2. The van der Waals surface area contributed by atoms with Crippen LogP contribution in [0.15, 0.2) is 47.6 Å². The van der Waals surface area contributed by atoms with E-state index >= 15 is 0 Å². The van der Waals surface area contributed by atoms with Crippen LogP contribution in [0, 0.1) is 0 Å². The zero-order valence-electron chi connectivity index (χ0n) is 13.3. The fraction of sp³-hybridized carbons (Fsp3) is 0.167. The first-order valence-electron chi connectivity index (χ1n) is 7.16. The first-order valence-corrected chi connectivity index (χ1v) is 7.16. The molecule has 5 heteroatoms. The van der Waals surface area contributed by atoms with Crippen molar-refractivity contribution in [2.45, 2.75) is 0 Å². The standard InChI is InChI=1S/C18H18N2O3/c1-21-16-8-12(9-17(22-2)18(16)23-3)11-20-14-5-4-13-6-7-19-15(13)10-14/h4-11,19H,1-3H3. The molecule has 2 aromatic carbocycles. The molecule has 3 rings (SSSR count). The number of nitrogens with one attached hydrogen (secondary N) is 1. The van der Waals surface area contributed by atoms with Crippen molar-refractivity contribution in [2.75, 3.05) is 21.3 Å². The minimum absolute atomic E-state index is 0.569. The van der Waals surface area contributed by atoms with Crippen LogP contribution >= 0.6 is 0 Å². The van der Waals surface area contributed by atoms with Crippen LogP contribution in [-0.2, 0) is 0 Å². The number of nitrogens with zero attached hydrogens (tertiary/aromatic N) is 1. The Morgan fingerprint density at radius 1 is 0.913 bits per heavy atom. The van der Waals surface area contributed by atoms with E-state index in [1.807, 2.05) is 42.6 Å². The Morgan fingerprint density at radius 3 is 2.30 bits per heavy atom. The summed E-state index contributed by atoms with van der Waals surface area (Å²) in [5.74, 6) is 1.78. The van der Waals surface area contributed by atoms with Gasteiger partial charge < -0.3 is 19.2 Å². The number of hydrogen-bond donors (Lipinski definition) is 1. The molecule has 23 heavy (non-hydrogen) atoms. The van der Waals surface area contributed by atoms with Crippen LogP contribution in [0.3, 0.4) is 0 Å². The van der Waals surface area contributed by atoms with Crippen LogP contribution in [0.2, 0.25) is 0 Å². The van der Waals surface area contributed by atoms with Crippen molar-refractivity contribution in [3.05, 3.63) is 48.2 Å². The van der Waals surface area contributed by atoms with E-state index in [0.29, 0.717) is 17.2 Å². The molecule has 0 saturated carbocycles. The molecule has 1 aromatic heterocycles. The highest BCUT2D eigenvalue weighted by atomic mass is 16.5. The summed E-state index contributed by atoms with van der Waals surface area (Å²) in [6, 6.07) is 11.8. The van der Waals surface area contributed by atoms with Crippen LogP contribution in [-0.4, -0.2) is 32.5 Å². The molecule has 3 aromatic rings. The Kier molecular flexibility index (Phi) is 4.19. The van der Waals surface area contributed by atoms with E-state index < -0.39 is 0 Å². The predicted molar refractivity (Wildman–Crippen MR) is 91.7 cm³/mol. The maximum absolute atomic E-state index is 5.35. The molecule has 1 N–H and O–H groups in total.